The van der Waals surface area contributed by atoms with Crippen LogP contribution in [0, 0.1) is 23.2 Å². The van der Waals surface area contributed by atoms with Crippen LogP contribution in [0.4, 0.5) is 11.4 Å². The molecule has 1 amide bonds. The fourth-order valence-electron chi connectivity index (χ4n) is 2.44. The van der Waals surface area contributed by atoms with Gasteiger partial charge >= 0.3 is 0 Å². The number of nitriles is 1. The Kier molecular flexibility index (Phi) is 9.57. The zero-order valence-electron chi connectivity index (χ0n) is 17.6. The lowest BCUT2D eigenvalue weighted by atomic mass is 10.0. The van der Waals surface area contributed by atoms with E-state index in [1.54, 1.807) is 48.5 Å². The Labute approximate surface area is 173 Å². The molecule has 0 spiro atoms. The highest BCUT2D eigenvalue weighted by atomic mass is 16.3. The zero-order chi connectivity index (χ0) is 21.8. The topological polar surface area (TPSA) is 76.4 Å². The van der Waals surface area contributed by atoms with Gasteiger partial charge in [-0.25, -0.2) is 0 Å². The van der Waals surface area contributed by atoms with Crippen LogP contribution in [-0.4, -0.2) is 24.6 Å². The third kappa shape index (κ3) is 7.08. The van der Waals surface area contributed by atoms with Gasteiger partial charge in [-0.2, -0.15) is 5.26 Å². The van der Waals surface area contributed by atoms with Gasteiger partial charge in [-0.15, -0.1) is 0 Å². The molecule has 0 saturated heterocycles. The molecule has 0 aromatic heterocycles. The van der Waals surface area contributed by atoms with Crippen molar-refractivity contribution in [3.05, 3.63) is 59.7 Å². The van der Waals surface area contributed by atoms with Gasteiger partial charge in [-0.1, -0.05) is 25.7 Å². The van der Waals surface area contributed by atoms with Crippen molar-refractivity contribution in [3.63, 3.8) is 0 Å². The molecule has 2 rings (SSSR count). The number of hydrogen-bond acceptors (Lipinski definition) is 4. The SMILES string of the molecule is CC.CCN(C)c1cc(O)ccc1/C(C#N)=C/C#Cc1ccc(NC(C)=O)cc1. The highest BCUT2D eigenvalue weighted by Crippen LogP contribution is 2.29. The summed E-state index contributed by atoms with van der Waals surface area (Å²) in [5.41, 5.74) is 3.39. The largest absolute Gasteiger partial charge is 0.508 e. The maximum absolute atomic E-state index is 11.0. The van der Waals surface area contributed by atoms with E-state index in [-0.39, 0.29) is 11.7 Å². The van der Waals surface area contributed by atoms with Crippen LogP contribution in [0.25, 0.3) is 5.57 Å². The molecule has 0 saturated carbocycles. The molecule has 5 heteroatoms. The lowest BCUT2D eigenvalue weighted by molar-refractivity contribution is -0.114. The van der Waals surface area contributed by atoms with Crippen molar-refractivity contribution in [3.8, 4) is 23.7 Å². The van der Waals surface area contributed by atoms with Gasteiger partial charge in [0.15, 0.2) is 0 Å². The summed E-state index contributed by atoms with van der Waals surface area (Å²) < 4.78 is 0. The van der Waals surface area contributed by atoms with Crippen LogP contribution in [0.1, 0.15) is 38.8 Å². The maximum atomic E-state index is 11.0. The number of rotatable bonds is 4. The summed E-state index contributed by atoms with van der Waals surface area (Å²) in [7, 11) is 1.90. The van der Waals surface area contributed by atoms with Crippen molar-refractivity contribution in [1.29, 1.82) is 5.26 Å². The maximum Gasteiger partial charge on any atom is 0.221 e. The van der Waals surface area contributed by atoms with Crippen molar-refractivity contribution in [2.24, 2.45) is 0 Å². The number of anilines is 2. The summed E-state index contributed by atoms with van der Waals surface area (Å²) in [6.07, 6.45) is 1.57. The van der Waals surface area contributed by atoms with Gasteiger partial charge in [-0.05, 0) is 43.3 Å². The van der Waals surface area contributed by atoms with Gasteiger partial charge in [0.05, 0.1) is 5.57 Å². The third-order valence-electron chi connectivity index (χ3n) is 3.92. The normalized spacial score (nSPS) is 9.86. The van der Waals surface area contributed by atoms with Crippen LogP contribution >= 0.6 is 0 Å². The van der Waals surface area contributed by atoms with Crippen molar-refractivity contribution >= 4 is 22.9 Å². The second-order valence-corrected chi connectivity index (χ2v) is 5.91. The van der Waals surface area contributed by atoms with Crippen LogP contribution in [-0.2, 0) is 4.79 Å². The number of phenols is 1. The fraction of sp³-hybridized carbons (Fsp3) is 0.250. The fourth-order valence-corrected chi connectivity index (χ4v) is 2.44. The zero-order valence-corrected chi connectivity index (χ0v) is 17.6. The lowest BCUT2D eigenvalue weighted by Gasteiger charge is -2.20. The molecule has 2 aromatic carbocycles. The predicted octanol–water partition coefficient (Wildman–Crippen LogP) is 4.79. The summed E-state index contributed by atoms with van der Waals surface area (Å²) in [6.45, 7) is 8.19. The molecule has 0 aliphatic rings. The molecule has 0 fully saturated rings. The number of phenolic OH excluding ortho intramolecular Hbond substituents is 1. The van der Waals surface area contributed by atoms with E-state index in [1.807, 2.05) is 32.7 Å². The molecule has 29 heavy (non-hydrogen) atoms. The molecule has 0 heterocycles. The van der Waals surface area contributed by atoms with E-state index < -0.39 is 0 Å². The van der Waals surface area contributed by atoms with Gasteiger partial charge < -0.3 is 15.3 Å². The van der Waals surface area contributed by atoms with Crippen LogP contribution in [0.3, 0.4) is 0 Å². The molecule has 150 valence electrons. The van der Waals surface area contributed by atoms with Crippen molar-refractivity contribution in [2.75, 3.05) is 23.8 Å². The number of carbonyl (C=O) groups excluding carboxylic acids is 1. The first-order valence-corrected chi connectivity index (χ1v) is 9.48. The Morgan fingerprint density at radius 1 is 1.21 bits per heavy atom. The van der Waals surface area contributed by atoms with E-state index >= 15 is 0 Å². The molecule has 0 bridgehead atoms. The highest BCUT2D eigenvalue weighted by Gasteiger charge is 2.11. The molecule has 0 radical (unpaired) electrons. The van der Waals surface area contributed by atoms with Crippen LogP contribution in [0.2, 0.25) is 0 Å². The standard InChI is InChI=1S/C22H21N3O2.C2H6/c1-4-25(3)22-14-20(27)12-13-21(22)18(15-23)7-5-6-17-8-10-19(11-9-17)24-16(2)26;1-2/h7-14,27H,4H2,1-3H3,(H,24,26);1-2H3/b18-7+;. The highest BCUT2D eigenvalue weighted by molar-refractivity contribution is 5.88. The molecule has 0 unspecified atom stereocenters. The summed E-state index contributed by atoms with van der Waals surface area (Å²) in [4.78, 5) is 13.0. The first-order chi connectivity index (χ1) is 13.9. The van der Waals surface area contributed by atoms with E-state index in [4.69, 9.17) is 0 Å². The molecule has 5 nitrogen and oxygen atoms in total. The third-order valence-corrected chi connectivity index (χ3v) is 3.92. The van der Waals surface area contributed by atoms with Gasteiger partial charge in [0, 0.05) is 55.2 Å². The van der Waals surface area contributed by atoms with E-state index in [0.717, 1.165) is 23.4 Å². The first kappa shape index (κ1) is 23.3. The Morgan fingerprint density at radius 3 is 2.41 bits per heavy atom. The summed E-state index contributed by atoms with van der Waals surface area (Å²) in [5.74, 6) is 5.91. The van der Waals surface area contributed by atoms with Crippen molar-refractivity contribution in [2.45, 2.75) is 27.7 Å². The monoisotopic (exact) mass is 389 g/mol. The minimum atomic E-state index is -0.128. The Morgan fingerprint density at radius 2 is 1.86 bits per heavy atom. The second kappa shape index (κ2) is 11.9. The number of benzene rings is 2. The number of carbonyl (C=O) groups is 1. The summed E-state index contributed by atoms with van der Waals surface area (Å²) in [6, 6.07) is 14.2. The van der Waals surface area contributed by atoms with E-state index in [9.17, 15) is 15.2 Å². The van der Waals surface area contributed by atoms with E-state index in [1.165, 1.54) is 6.92 Å². The van der Waals surface area contributed by atoms with Crippen molar-refractivity contribution in [1.82, 2.24) is 0 Å². The molecule has 0 atom stereocenters. The number of aromatic hydroxyl groups is 1. The molecule has 0 aliphatic carbocycles. The van der Waals surface area contributed by atoms with Crippen LogP contribution in [0.5, 0.6) is 5.75 Å². The van der Waals surface area contributed by atoms with E-state index in [0.29, 0.717) is 11.3 Å². The minimum absolute atomic E-state index is 0.128. The Hall–Kier alpha value is -3.70. The molecular formula is C24H27N3O2. The Bertz CT molecular complexity index is 958. The number of nitrogens with zero attached hydrogens (tertiary/aromatic N) is 2. The van der Waals surface area contributed by atoms with Crippen LogP contribution in [0.15, 0.2) is 48.5 Å². The predicted molar refractivity (Wildman–Crippen MR) is 120 cm³/mol. The number of allylic oxidation sites excluding steroid dienone is 2. The first-order valence-electron chi connectivity index (χ1n) is 9.48. The molecule has 2 N–H and O–H groups in total. The van der Waals surface area contributed by atoms with Gasteiger partial charge in [0.1, 0.15) is 11.8 Å². The van der Waals surface area contributed by atoms with Gasteiger partial charge in [0.25, 0.3) is 0 Å². The molecule has 0 aliphatic heterocycles. The van der Waals surface area contributed by atoms with Crippen molar-refractivity contribution < 1.29 is 9.90 Å². The number of hydrogen-bond donors (Lipinski definition) is 2. The Balaban J connectivity index is 0.00000204. The second-order valence-electron chi connectivity index (χ2n) is 5.91. The molecular weight excluding hydrogens is 362 g/mol. The average Bonchev–Trinajstić information content (AvgIpc) is 2.73. The minimum Gasteiger partial charge on any atom is -0.508 e. The number of nitrogens with one attached hydrogen (secondary N) is 1. The van der Waals surface area contributed by atoms with Gasteiger partial charge in [0.2, 0.25) is 5.91 Å². The summed E-state index contributed by atoms with van der Waals surface area (Å²) in [5, 5.41) is 22.0. The average molecular weight is 389 g/mol. The van der Waals surface area contributed by atoms with Gasteiger partial charge in [-0.3, -0.25) is 4.79 Å². The lowest BCUT2D eigenvalue weighted by Crippen LogP contribution is -2.17. The number of amides is 1. The summed E-state index contributed by atoms with van der Waals surface area (Å²) >= 11 is 0. The smallest absolute Gasteiger partial charge is 0.221 e. The van der Waals surface area contributed by atoms with Crippen LogP contribution < -0.4 is 10.2 Å². The van der Waals surface area contributed by atoms with E-state index in [2.05, 4.69) is 23.2 Å². The molecule has 2 aromatic rings. The quantitative estimate of drug-likeness (QED) is 0.582.